The van der Waals surface area contributed by atoms with Crippen molar-refractivity contribution in [2.75, 3.05) is 11.4 Å². The van der Waals surface area contributed by atoms with E-state index < -0.39 is 50.8 Å². The zero-order chi connectivity index (χ0) is 27.0. The van der Waals surface area contributed by atoms with E-state index in [0.717, 1.165) is 28.7 Å². The number of alkyl halides is 3. The first kappa shape index (κ1) is 26.5. The number of hydrogen-bond donors (Lipinski definition) is 0. The molecule has 8 nitrogen and oxygen atoms in total. The predicted molar refractivity (Wildman–Crippen MR) is 123 cm³/mol. The Balaban J connectivity index is 1.61. The molecule has 1 spiro atoms. The van der Waals surface area contributed by atoms with Crippen molar-refractivity contribution in [2.24, 2.45) is 0 Å². The molecule has 37 heavy (non-hydrogen) atoms. The molecule has 1 fully saturated rings. The zero-order valence-electron chi connectivity index (χ0n) is 19.4. The summed E-state index contributed by atoms with van der Waals surface area (Å²) in [7, 11) is -6.13. The molecule has 13 heteroatoms. The monoisotopic (exact) mass is 542 g/mol. The maximum atomic E-state index is 14.0. The molecular weight excluding hydrogens is 520 g/mol. The Morgan fingerprint density at radius 3 is 2.46 bits per heavy atom. The molecule has 2 amide bonds. The van der Waals surface area contributed by atoms with Gasteiger partial charge in [0, 0.05) is 18.3 Å². The quantitative estimate of drug-likeness (QED) is 0.314. The number of carbonyl (C=O) groups excluding carboxylic acids is 2. The molecule has 4 rings (SSSR count). The van der Waals surface area contributed by atoms with E-state index in [1.165, 1.54) is 17.0 Å². The highest BCUT2D eigenvalue weighted by molar-refractivity contribution is 7.87. The van der Waals surface area contributed by atoms with Crippen molar-refractivity contribution in [3.63, 3.8) is 0 Å². The number of halogens is 4. The first-order valence-corrected chi connectivity index (χ1v) is 12.5. The van der Waals surface area contributed by atoms with Crippen LogP contribution in [0.3, 0.4) is 0 Å². The molecule has 0 N–H and O–H groups in total. The Hall–Kier alpha value is -3.61. The van der Waals surface area contributed by atoms with Gasteiger partial charge in [0.05, 0.1) is 5.54 Å². The summed E-state index contributed by atoms with van der Waals surface area (Å²) in [5, 5.41) is 0. The standard InChI is InChI=1S/C24H22F4N2O6S/c1-16-13-23(10-11-29(16)22(32)35-15-17-6-3-2-4-7-17)14-20(36-37(33,34)24(26,27)28)21(31)30(23)19-9-5-8-18(25)12-19/h2-9,12,14,16H,10-11,13,15H2,1H3/t16-,23+/m0/s1. The molecule has 0 bridgehead atoms. The highest BCUT2D eigenvalue weighted by Crippen LogP contribution is 2.44. The fourth-order valence-corrected chi connectivity index (χ4v) is 5.01. The average Bonchev–Trinajstić information content (AvgIpc) is 3.07. The van der Waals surface area contributed by atoms with Crippen LogP contribution in [0.1, 0.15) is 25.3 Å². The van der Waals surface area contributed by atoms with Crippen molar-refractivity contribution in [3.05, 3.63) is 77.8 Å². The highest BCUT2D eigenvalue weighted by Gasteiger charge is 2.55. The summed E-state index contributed by atoms with van der Waals surface area (Å²) in [6.07, 6.45) is 0.369. The largest absolute Gasteiger partial charge is 0.534 e. The maximum Gasteiger partial charge on any atom is 0.534 e. The Morgan fingerprint density at radius 1 is 1.14 bits per heavy atom. The molecule has 0 radical (unpaired) electrons. The summed E-state index contributed by atoms with van der Waals surface area (Å²) in [4.78, 5) is 28.3. The van der Waals surface area contributed by atoms with Gasteiger partial charge >= 0.3 is 21.7 Å². The topological polar surface area (TPSA) is 93.2 Å². The molecule has 2 atom stereocenters. The summed E-state index contributed by atoms with van der Waals surface area (Å²) in [5.41, 5.74) is -6.37. The van der Waals surface area contributed by atoms with E-state index in [4.69, 9.17) is 4.74 Å². The first-order valence-electron chi connectivity index (χ1n) is 11.1. The second-order valence-electron chi connectivity index (χ2n) is 8.75. The number of nitrogens with zero attached hydrogens (tertiary/aromatic N) is 2. The number of rotatable bonds is 5. The van der Waals surface area contributed by atoms with Gasteiger partial charge in [-0.05, 0) is 49.6 Å². The van der Waals surface area contributed by atoms with Gasteiger partial charge in [0.25, 0.3) is 5.91 Å². The number of anilines is 1. The van der Waals surface area contributed by atoms with E-state index in [0.29, 0.717) is 0 Å². The zero-order valence-corrected chi connectivity index (χ0v) is 20.3. The van der Waals surface area contributed by atoms with Crippen molar-refractivity contribution < 1.29 is 44.5 Å². The molecule has 0 saturated carbocycles. The van der Waals surface area contributed by atoms with Crippen molar-refractivity contribution in [1.82, 2.24) is 4.90 Å². The van der Waals surface area contributed by atoms with Crippen LogP contribution < -0.4 is 4.90 Å². The van der Waals surface area contributed by atoms with E-state index >= 15 is 0 Å². The summed E-state index contributed by atoms with van der Waals surface area (Å²) in [5.74, 6) is -2.94. The first-order chi connectivity index (χ1) is 17.3. The van der Waals surface area contributed by atoms with Gasteiger partial charge in [-0.15, -0.1) is 0 Å². The smallest absolute Gasteiger partial charge is 0.445 e. The lowest BCUT2D eigenvalue weighted by atomic mass is 9.83. The molecule has 2 aromatic carbocycles. The second kappa shape index (κ2) is 9.69. The Bertz CT molecular complexity index is 1330. The minimum absolute atomic E-state index is 0.00104. The minimum Gasteiger partial charge on any atom is -0.445 e. The van der Waals surface area contributed by atoms with Crippen molar-refractivity contribution in [2.45, 2.75) is 43.5 Å². The Labute approximate surface area is 210 Å². The number of ether oxygens (including phenoxy) is 1. The molecule has 2 aliphatic heterocycles. The van der Waals surface area contributed by atoms with Gasteiger partial charge in [-0.25, -0.2) is 9.18 Å². The van der Waals surface area contributed by atoms with Crippen LogP contribution in [0.5, 0.6) is 0 Å². The van der Waals surface area contributed by atoms with E-state index in [-0.39, 0.29) is 31.7 Å². The van der Waals surface area contributed by atoms with Crippen LogP contribution in [-0.4, -0.2) is 49.0 Å². The lowest BCUT2D eigenvalue weighted by molar-refractivity contribution is -0.117. The third-order valence-electron chi connectivity index (χ3n) is 6.21. The van der Waals surface area contributed by atoms with Gasteiger partial charge in [-0.3, -0.25) is 9.69 Å². The third-order valence-corrected chi connectivity index (χ3v) is 7.18. The predicted octanol–water partition coefficient (Wildman–Crippen LogP) is 4.48. The molecular formula is C24H22F4N2O6S. The van der Waals surface area contributed by atoms with Gasteiger partial charge in [0.2, 0.25) is 5.76 Å². The number of likely N-dealkylation sites (tertiary alicyclic amines) is 1. The lowest BCUT2D eigenvalue weighted by Gasteiger charge is -2.46. The molecule has 2 aliphatic rings. The van der Waals surface area contributed by atoms with Crippen LogP contribution in [0.15, 0.2) is 66.4 Å². The molecule has 0 aromatic heterocycles. The van der Waals surface area contributed by atoms with Crippen LogP contribution in [0.2, 0.25) is 0 Å². The fourth-order valence-electron chi connectivity index (χ4n) is 4.56. The number of carbonyl (C=O) groups is 2. The Kier molecular flexibility index (Phi) is 6.93. The summed E-state index contributed by atoms with van der Waals surface area (Å²) in [6.45, 7) is 1.69. The van der Waals surface area contributed by atoms with E-state index in [9.17, 15) is 35.6 Å². The SMILES string of the molecule is C[C@H]1C[C@@]2(C=C(OS(=O)(=O)C(F)(F)F)C(=O)N2c2cccc(F)c2)CCN1C(=O)OCc1ccccc1. The summed E-state index contributed by atoms with van der Waals surface area (Å²) in [6, 6.07) is 13.2. The van der Waals surface area contributed by atoms with Crippen LogP contribution in [0.25, 0.3) is 0 Å². The van der Waals surface area contributed by atoms with E-state index in [1.54, 1.807) is 31.2 Å². The molecule has 198 valence electrons. The molecule has 0 aliphatic carbocycles. The minimum atomic E-state index is -6.13. The van der Waals surface area contributed by atoms with Crippen molar-refractivity contribution in [3.8, 4) is 0 Å². The highest BCUT2D eigenvalue weighted by atomic mass is 32.2. The van der Waals surface area contributed by atoms with Crippen LogP contribution in [-0.2, 0) is 30.4 Å². The maximum absolute atomic E-state index is 14.0. The summed E-state index contributed by atoms with van der Waals surface area (Å²) < 4.78 is 85.7. The number of hydrogen-bond acceptors (Lipinski definition) is 6. The second-order valence-corrected chi connectivity index (χ2v) is 10.3. The van der Waals surface area contributed by atoms with E-state index in [1.807, 2.05) is 6.07 Å². The van der Waals surface area contributed by atoms with Gasteiger partial charge in [-0.2, -0.15) is 21.6 Å². The number of benzene rings is 2. The van der Waals surface area contributed by atoms with Crippen LogP contribution in [0, 0.1) is 5.82 Å². The van der Waals surface area contributed by atoms with Crippen molar-refractivity contribution in [1.29, 1.82) is 0 Å². The Morgan fingerprint density at radius 2 is 1.84 bits per heavy atom. The normalized spacial score (nSPS) is 22.2. The molecule has 0 unspecified atom stereocenters. The average molecular weight is 543 g/mol. The van der Waals surface area contributed by atoms with Crippen LogP contribution in [0.4, 0.5) is 28.0 Å². The third kappa shape index (κ3) is 5.26. The van der Waals surface area contributed by atoms with Gasteiger partial charge < -0.3 is 13.8 Å². The van der Waals surface area contributed by atoms with Gasteiger partial charge in [0.15, 0.2) is 0 Å². The number of amides is 2. The fraction of sp³-hybridized carbons (Fsp3) is 0.333. The number of piperidine rings is 1. The van der Waals surface area contributed by atoms with Crippen LogP contribution >= 0.6 is 0 Å². The lowest BCUT2D eigenvalue weighted by Crippen LogP contribution is -2.58. The molecule has 1 saturated heterocycles. The molecule has 2 heterocycles. The molecule has 2 aromatic rings. The summed E-state index contributed by atoms with van der Waals surface area (Å²) >= 11 is 0. The van der Waals surface area contributed by atoms with Gasteiger partial charge in [-0.1, -0.05) is 36.4 Å². The van der Waals surface area contributed by atoms with Crippen molar-refractivity contribution >= 4 is 27.8 Å². The van der Waals surface area contributed by atoms with Gasteiger partial charge in [0.1, 0.15) is 12.4 Å². The van der Waals surface area contributed by atoms with E-state index in [2.05, 4.69) is 4.18 Å².